The highest BCUT2D eigenvalue weighted by Gasteiger charge is 2.19. The zero-order chi connectivity index (χ0) is 13.1. The van der Waals surface area contributed by atoms with Crippen LogP contribution in [0.3, 0.4) is 0 Å². The van der Waals surface area contributed by atoms with E-state index in [-0.39, 0.29) is 0 Å². The fraction of sp³-hybridized carbons (Fsp3) is 0.545. The van der Waals surface area contributed by atoms with Crippen molar-refractivity contribution in [1.29, 1.82) is 0 Å². The van der Waals surface area contributed by atoms with Crippen LogP contribution in [-0.2, 0) is 19.4 Å². The molecule has 0 spiro atoms. The first-order valence-electron chi connectivity index (χ1n) is 5.86. The molecule has 98 valence electrons. The van der Waals surface area contributed by atoms with Gasteiger partial charge in [-0.15, -0.1) is 0 Å². The zero-order valence-electron chi connectivity index (χ0n) is 10.3. The highest BCUT2D eigenvalue weighted by molar-refractivity contribution is 9.10. The second kappa shape index (κ2) is 5.90. The molecule has 18 heavy (non-hydrogen) atoms. The molecule has 0 aliphatic carbocycles. The highest BCUT2D eigenvalue weighted by Crippen LogP contribution is 2.26. The number of hydrogen-bond donors (Lipinski definition) is 1. The van der Waals surface area contributed by atoms with Gasteiger partial charge < -0.3 is 5.11 Å². The van der Waals surface area contributed by atoms with E-state index in [1.807, 2.05) is 11.6 Å². The molecule has 1 atom stereocenters. The lowest BCUT2D eigenvalue weighted by atomic mass is 10.1. The molecule has 0 aliphatic rings. The second-order valence-electron chi connectivity index (χ2n) is 3.93. The van der Waals surface area contributed by atoms with Gasteiger partial charge in [0.25, 0.3) is 0 Å². The van der Waals surface area contributed by atoms with E-state index in [1.165, 1.54) is 0 Å². The first-order valence-corrected chi connectivity index (χ1v) is 7.39. The summed E-state index contributed by atoms with van der Waals surface area (Å²) < 4.78 is 10.9. The predicted octanol–water partition coefficient (Wildman–Crippen LogP) is 2.36. The number of nitrogens with zero attached hydrogens (tertiary/aromatic N) is 4. The molecule has 5 nitrogen and oxygen atoms in total. The van der Waals surface area contributed by atoms with E-state index in [4.69, 9.17) is 0 Å². The minimum absolute atomic E-state index is 0.493. The van der Waals surface area contributed by atoms with E-state index in [0.29, 0.717) is 12.1 Å². The van der Waals surface area contributed by atoms with Crippen molar-refractivity contribution >= 4 is 27.7 Å². The Bertz CT molecular complexity index is 511. The van der Waals surface area contributed by atoms with Crippen molar-refractivity contribution < 1.29 is 5.11 Å². The lowest BCUT2D eigenvalue weighted by Gasteiger charge is -2.09. The van der Waals surface area contributed by atoms with Crippen LogP contribution in [0.4, 0.5) is 0 Å². The average molecular weight is 331 g/mol. The Hall–Kier alpha value is -0.790. The van der Waals surface area contributed by atoms with E-state index in [2.05, 4.69) is 36.7 Å². The Morgan fingerprint density at radius 2 is 2.28 bits per heavy atom. The van der Waals surface area contributed by atoms with Crippen LogP contribution in [0.15, 0.2) is 10.7 Å². The van der Waals surface area contributed by atoms with Crippen LogP contribution in [0, 0.1) is 0 Å². The molecule has 0 bridgehead atoms. The summed E-state index contributed by atoms with van der Waals surface area (Å²) in [5, 5.41) is 14.6. The quantitative estimate of drug-likeness (QED) is 0.913. The van der Waals surface area contributed by atoms with Crippen LogP contribution in [0.2, 0.25) is 0 Å². The topological polar surface area (TPSA) is 63.8 Å². The summed E-state index contributed by atoms with van der Waals surface area (Å²) in [5.41, 5.74) is 2.65. The Morgan fingerprint density at radius 1 is 1.50 bits per heavy atom. The van der Waals surface area contributed by atoms with E-state index in [9.17, 15) is 5.11 Å². The molecule has 2 aromatic rings. The summed E-state index contributed by atoms with van der Waals surface area (Å²) in [7, 11) is 0. The Morgan fingerprint density at radius 3 is 2.83 bits per heavy atom. The lowest BCUT2D eigenvalue weighted by molar-refractivity contribution is 0.171. The number of aromatic nitrogens is 4. The summed E-state index contributed by atoms with van der Waals surface area (Å²) in [6.07, 6.45) is 2.34. The van der Waals surface area contributed by atoms with Gasteiger partial charge in [-0.05, 0) is 29.3 Å². The molecule has 0 aromatic carbocycles. The summed E-state index contributed by atoms with van der Waals surface area (Å²) in [6.45, 7) is 4.90. The maximum atomic E-state index is 10.1. The van der Waals surface area contributed by atoms with E-state index in [0.717, 1.165) is 40.6 Å². The Balaban J connectivity index is 2.25. The van der Waals surface area contributed by atoms with Crippen molar-refractivity contribution in [2.45, 2.75) is 39.3 Å². The molecule has 0 radical (unpaired) electrons. The minimum atomic E-state index is -0.633. The van der Waals surface area contributed by atoms with Crippen molar-refractivity contribution in [3.05, 3.63) is 27.8 Å². The van der Waals surface area contributed by atoms with Gasteiger partial charge in [-0.25, -0.2) is 0 Å². The molecule has 1 unspecified atom stereocenters. The summed E-state index contributed by atoms with van der Waals surface area (Å²) in [5.74, 6) is 0. The predicted molar refractivity (Wildman–Crippen MR) is 73.6 cm³/mol. The first-order chi connectivity index (χ1) is 8.67. The number of aliphatic hydroxyl groups is 1. The van der Waals surface area contributed by atoms with Crippen LogP contribution in [0.5, 0.6) is 0 Å². The molecule has 0 amide bonds. The van der Waals surface area contributed by atoms with Gasteiger partial charge in [0.15, 0.2) is 0 Å². The summed E-state index contributed by atoms with van der Waals surface area (Å²) >= 11 is 4.68. The smallest absolute Gasteiger partial charge is 0.104 e. The van der Waals surface area contributed by atoms with Crippen molar-refractivity contribution in [2.75, 3.05) is 0 Å². The monoisotopic (exact) mass is 330 g/mol. The number of aliphatic hydroxyl groups excluding tert-OH is 1. The number of halogens is 1. The normalized spacial score (nSPS) is 12.9. The fourth-order valence-electron chi connectivity index (χ4n) is 1.82. The van der Waals surface area contributed by atoms with Crippen LogP contribution < -0.4 is 0 Å². The van der Waals surface area contributed by atoms with Crippen molar-refractivity contribution in [3.8, 4) is 0 Å². The van der Waals surface area contributed by atoms with Gasteiger partial charge in [-0.3, -0.25) is 4.68 Å². The number of hydrogen-bond acceptors (Lipinski definition) is 5. The first kappa shape index (κ1) is 13.6. The van der Waals surface area contributed by atoms with Gasteiger partial charge in [0.2, 0.25) is 0 Å². The molecule has 7 heteroatoms. The van der Waals surface area contributed by atoms with Gasteiger partial charge >= 0.3 is 0 Å². The van der Waals surface area contributed by atoms with Gasteiger partial charge in [0, 0.05) is 13.0 Å². The van der Waals surface area contributed by atoms with Gasteiger partial charge in [0.1, 0.15) is 11.8 Å². The highest BCUT2D eigenvalue weighted by atomic mass is 79.9. The van der Waals surface area contributed by atoms with Crippen molar-refractivity contribution in [1.82, 2.24) is 18.5 Å². The van der Waals surface area contributed by atoms with Gasteiger partial charge in [-0.2, -0.15) is 13.8 Å². The second-order valence-corrected chi connectivity index (χ2v) is 5.28. The molecule has 0 saturated heterocycles. The molecule has 2 heterocycles. The van der Waals surface area contributed by atoms with Crippen LogP contribution in [0.1, 0.15) is 37.0 Å². The van der Waals surface area contributed by atoms with Crippen LogP contribution in [0.25, 0.3) is 0 Å². The van der Waals surface area contributed by atoms with E-state index < -0.39 is 6.10 Å². The molecule has 2 aromatic heterocycles. The maximum absolute atomic E-state index is 10.1. The van der Waals surface area contributed by atoms with Crippen molar-refractivity contribution in [3.63, 3.8) is 0 Å². The SMILES string of the molecule is CCc1nn(CC)c(CC(O)c2cnsn2)c1Br. The Labute approximate surface area is 118 Å². The molecule has 0 fully saturated rings. The summed E-state index contributed by atoms with van der Waals surface area (Å²) in [4.78, 5) is 0. The number of rotatable bonds is 5. The van der Waals surface area contributed by atoms with Gasteiger partial charge in [0.05, 0.1) is 33.8 Å². The molecule has 2 rings (SSSR count). The van der Waals surface area contributed by atoms with Crippen LogP contribution >= 0.6 is 27.7 Å². The lowest BCUT2D eigenvalue weighted by Crippen LogP contribution is -2.09. The Kier molecular flexibility index (Phi) is 4.47. The zero-order valence-corrected chi connectivity index (χ0v) is 12.7. The van der Waals surface area contributed by atoms with E-state index >= 15 is 0 Å². The molecule has 0 saturated carbocycles. The third-order valence-electron chi connectivity index (χ3n) is 2.80. The molecule has 0 aliphatic heterocycles. The molecular weight excluding hydrogens is 316 g/mol. The maximum Gasteiger partial charge on any atom is 0.104 e. The largest absolute Gasteiger partial charge is 0.386 e. The summed E-state index contributed by atoms with van der Waals surface area (Å²) in [6, 6.07) is 0. The third-order valence-corrected chi connectivity index (χ3v) is 4.21. The molecule has 1 N–H and O–H groups in total. The minimum Gasteiger partial charge on any atom is -0.386 e. The fourth-order valence-corrected chi connectivity index (χ4v) is 3.01. The van der Waals surface area contributed by atoms with Gasteiger partial charge in [-0.1, -0.05) is 6.92 Å². The van der Waals surface area contributed by atoms with Crippen molar-refractivity contribution in [2.24, 2.45) is 0 Å². The average Bonchev–Trinajstić information content (AvgIpc) is 2.99. The standard InChI is InChI=1S/C11H15BrN4OS/c1-3-7-11(12)9(16(4-2)14-7)5-10(17)8-6-13-18-15-8/h6,10,17H,3-5H2,1-2H3. The molecular formula is C11H15BrN4OS. The number of aryl methyl sites for hydroxylation is 2. The third kappa shape index (κ3) is 2.62. The van der Waals surface area contributed by atoms with E-state index in [1.54, 1.807) is 6.20 Å². The van der Waals surface area contributed by atoms with Crippen LogP contribution in [-0.4, -0.2) is 23.6 Å².